The summed E-state index contributed by atoms with van der Waals surface area (Å²) in [7, 11) is 0. The number of aromatic nitrogens is 3. The molecule has 0 unspecified atom stereocenters. The van der Waals surface area contributed by atoms with Gasteiger partial charge in [-0.05, 0) is 28.9 Å². The Balaban J connectivity index is 2.70. The second kappa shape index (κ2) is 3.10. The van der Waals surface area contributed by atoms with Crippen LogP contribution >= 0.6 is 15.9 Å². The smallest absolute Gasteiger partial charge is 0.157 e. The molecule has 0 aromatic carbocycles. The fourth-order valence-corrected chi connectivity index (χ4v) is 1.53. The summed E-state index contributed by atoms with van der Waals surface area (Å²) < 4.78 is 1.01. The Kier molecular flexibility index (Phi) is 2.07. The Morgan fingerprint density at radius 3 is 2.92 bits per heavy atom. The summed E-state index contributed by atoms with van der Waals surface area (Å²) in [6, 6.07) is 1.99. The first-order chi connectivity index (χ1) is 6.20. The van der Waals surface area contributed by atoms with Gasteiger partial charge in [0.25, 0.3) is 0 Å². The summed E-state index contributed by atoms with van der Waals surface area (Å²) in [4.78, 5) is 11.9. The van der Waals surface area contributed by atoms with E-state index < -0.39 is 0 Å². The van der Waals surface area contributed by atoms with Crippen LogP contribution in [-0.4, -0.2) is 15.0 Å². The van der Waals surface area contributed by atoms with Crippen LogP contribution < -0.4 is 0 Å². The van der Waals surface area contributed by atoms with Crippen LogP contribution in [0.3, 0.4) is 0 Å². The molecule has 13 heavy (non-hydrogen) atoms. The van der Waals surface area contributed by atoms with Crippen molar-refractivity contribution in [2.24, 2.45) is 0 Å². The standard InChI is InChI=1S/C9H10BrN3/c1-3-8-12-7-4-6(10)5(2)11-9(7)13-8/h4H,3H2,1-2H3,(H,11,12,13). The van der Waals surface area contributed by atoms with Gasteiger partial charge in [-0.15, -0.1) is 0 Å². The highest BCUT2D eigenvalue weighted by Crippen LogP contribution is 2.19. The molecule has 4 heteroatoms. The van der Waals surface area contributed by atoms with Crippen LogP contribution in [0.2, 0.25) is 0 Å². The third-order valence-electron chi connectivity index (χ3n) is 1.98. The number of aromatic amines is 1. The number of aryl methyl sites for hydroxylation is 2. The number of nitrogens with zero attached hydrogens (tertiary/aromatic N) is 2. The van der Waals surface area contributed by atoms with Crippen molar-refractivity contribution in [3.8, 4) is 0 Å². The Morgan fingerprint density at radius 1 is 1.46 bits per heavy atom. The molecule has 0 saturated heterocycles. The number of H-pyrrole nitrogens is 1. The highest BCUT2D eigenvalue weighted by molar-refractivity contribution is 9.10. The minimum absolute atomic E-state index is 0.873. The van der Waals surface area contributed by atoms with Crippen molar-refractivity contribution >= 4 is 27.1 Å². The minimum atomic E-state index is 0.873. The summed E-state index contributed by atoms with van der Waals surface area (Å²) in [5.41, 5.74) is 2.78. The van der Waals surface area contributed by atoms with Crippen LogP contribution in [0.4, 0.5) is 0 Å². The number of hydrogen-bond acceptors (Lipinski definition) is 2. The highest BCUT2D eigenvalue weighted by Gasteiger charge is 2.04. The molecule has 0 atom stereocenters. The maximum atomic E-state index is 4.39. The van der Waals surface area contributed by atoms with E-state index in [9.17, 15) is 0 Å². The van der Waals surface area contributed by atoms with Crippen LogP contribution in [0.15, 0.2) is 10.5 Å². The second-order valence-corrected chi connectivity index (χ2v) is 3.81. The number of nitrogens with one attached hydrogen (secondary N) is 1. The summed E-state index contributed by atoms with van der Waals surface area (Å²) >= 11 is 3.43. The van der Waals surface area contributed by atoms with Gasteiger partial charge in [-0.25, -0.2) is 9.97 Å². The zero-order valence-electron chi connectivity index (χ0n) is 7.56. The van der Waals surface area contributed by atoms with Gasteiger partial charge in [-0.1, -0.05) is 6.92 Å². The SMILES string of the molecule is CCc1nc2cc(Br)c(C)nc2[nH]1. The van der Waals surface area contributed by atoms with E-state index in [-0.39, 0.29) is 0 Å². The zero-order valence-corrected chi connectivity index (χ0v) is 9.14. The Hall–Kier alpha value is -0.900. The van der Waals surface area contributed by atoms with E-state index in [0.717, 1.165) is 33.6 Å². The number of fused-ring (bicyclic) bond motifs is 1. The van der Waals surface area contributed by atoms with Crippen molar-refractivity contribution < 1.29 is 0 Å². The Labute approximate surface area is 84.7 Å². The molecule has 0 aliphatic heterocycles. The van der Waals surface area contributed by atoms with E-state index in [1.165, 1.54) is 0 Å². The molecule has 2 aromatic rings. The molecular weight excluding hydrogens is 230 g/mol. The van der Waals surface area contributed by atoms with E-state index >= 15 is 0 Å². The van der Waals surface area contributed by atoms with Gasteiger partial charge in [0, 0.05) is 10.9 Å². The molecule has 0 aliphatic rings. The molecule has 2 heterocycles. The lowest BCUT2D eigenvalue weighted by Crippen LogP contribution is -1.83. The lowest BCUT2D eigenvalue weighted by Gasteiger charge is -1.94. The average Bonchev–Trinajstić information content (AvgIpc) is 2.48. The maximum Gasteiger partial charge on any atom is 0.157 e. The minimum Gasteiger partial charge on any atom is -0.327 e. The number of halogens is 1. The summed E-state index contributed by atoms with van der Waals surface area (Å²) in [5, 5.41) is 0. The molecule has 2 rings (SSSR count). The van der Waals surface area contributed by atoms with Crippen LogP contribution in [0.1, 0.15) is 18.4 Å². The third-order valence-corrected chi connectivity index (χ3v) is 2.79. The first-order valence-electron chi connectivity index (χ1n) is 4.22. The Morgan fingerprint density at radius 2 is 2.23 bits per heavy atom. The van der Waals surface area contributed by atoms with Gasteiger partial charge < -0.3 is 4.98 Å². The number of imidazole rings is 1. The normalized spacial score (nSPS) is 11.0. The van der Waals surface area contributed by atoms with Crippen molar-refractivity contribution in [2.75, 3.05) is 0 Å². The van der Waals surface area contributed by atoms with E-state index in [2.05, 4.69) is 37.8 Å². The lowest BCUT2D eigenvalue weighted by atomic mass is 10.3. The molecule has 2 aromatic heterocycles. The predicted octanol–water partition coefficient (Wildman–Crippen LogP) is 2.59. The van der Waals surface area contributed by atoms with Gasteiger partial charge in [0.2, 0.25) is 0 Å². The van der Waals surface area contributed by atoms with Gasteiger partial charge in [-0.3, -0.25) is 0 Å². The largest absolute Gasteiger partial charge is 0.327 e. The van der Waals surface area contributed by atoms with Crippen LogP contribution in [-0.2, 0) is 6.42 Å². The molecule has 1 N–H and O–H groups in total. The van der Waals surface area contributed by atoms with Crippen molar-refractivity contribution in [1.82, 2.24) is 15.0 Å². The number of rotatable bonds is 1. The molecule has 0 saturated carbocycles. The van der Waals surface area contributed by atoms with Gasteiger partial charge in [0.1, 0.15) is 11.3 Å². The average molecular weight is 240 g/mol. The first-order valence-corrected chi connectivity index (χ1v) is 5.01. The molecular formula is C9H10BrN3. The molecule has 0 fully saturated rings. The van der Waals surface area contributed by atoms with E-state index in [1.807, 2.05) is 13.0 Å². The summed E-state index contributed by atoms with van der Waals surface area (Å²) in [6.07, 6.45) is 0.910. The van der Waals surface area contributed by atoms with E-state index in [0.29, 0.717) is 0 Å². The highest BCUT2D eigenvalue weighted by atomic mass is 79.9. The number of hydrogen-bond donors (Lipinski definition) is 1. The van der Waals surface area contributed by atoms with Crippen molar-refractivity contribution in [1.29, 1.82) is 0 Å². The van der Waals surface area contributed by atoms with E-state index in [1.54, 1.807) is 0 Å². The lowest BCUT2D eigenvalue weighted by molar-refractivity contribution is 0.996. The molecule has 0 bridgehead atoms. The Bertz CT molecular complexity index is 408. The third kappa shape index (κ3) is 1.46. The van der Waals surface area contributed by atoms with Crippen molar-refractivity contribution in [2.45, 2.75) is 20.3 Å². The fraction of sp³-hybridized carbons (Fsp3) is 0.333. The quantitative estimate of drug-likeness (QED) is 0.832. The maximum absolute atomic E-state index is 4.39. The van der Waals surface area contributed by atoms with Crippen molar-refractivity contribution in [3.05, 3.63) is 22.1 Å². The fourth-order valence-electron chi connectivity index (χ4n) is 1.23. The summed E-state index contributed by atoms with van der Waals surface area (Å²) in [6.45, 7) is 4.04. The monoisotopic (exact) mass is 239 g/mol. The topological polar surface area (TPSA) is 41.6 Å². The summed E-state index contributed by atoms with van der Waals surface area (Å²) in [5.74, 6) is 0.986. The van der Waals surface area contributed by atoms with Gasteiger partial charge in [-0.2, -0.15) is 0 Å². The molecule has 68 valence electrons. The molecule has 0 aliphatic carbocycles. The van der Waals surface area contributed by atoms with Crippen molar-refractivity contribution in [3.63, 3.8) is 0 Å². The molecule has 3 nitrogen and oxygen atoms in total. The molecule has 0 amide bonds. The van der Waals surface area contributed by atoms with Crippen LogP contribution in [0, 0.1) is 6.92 Å². The first kappa shape index (κ1) is 8.69. The zero-order chi connectivity index (χ0) is 9.42. The molecule has 0 spiro atoms. The number of pyridine rings is 1. The van der Waals surface area contributed by atoms with Crippen LogP contribution in [0.25, 0.3) is 11.2 Å². The van der Waals surface area contributed by atoms with Crippen LogP contribution in [0.5, 0.6) is 0 Å². The predicted molar refractivity (Wildman–Crippen MR) is 55.7 cm³/mol. The van der Waals surface area contributed by atoms with Gasteiger partial charge >= 0.3 is 0 Å². The molecule has 0 radical (unpaired) electrons. The van der Waals surface area contributed by atoms with Gasteiger partial charge in [0.05, 0.1) is 5.69 Å². The van der Waals surface area contributed by atoms with E-state index in [4.69, 9.17) is 0 Å². The van der Waals surface area contributed by atoms with Gasteiger partial charge in [0.15, 0.2) is 5.65 Å². The second-order valence-electron chi connectivity index (χ2n) is 2.96.